The summed E-state index contributed by atoms with van der Waals surface area (Å²) in [4.78, 5) is 3.92. The topological polar surface area (TPSA) is 53.6 Å². The zero-order valence-corrected chi connectivity index (χ0v) is 7.40. The molecule has 0 aliphatic heterocycles. The molecule has 0 aromatic carbocycles. The summed E-state index contributed by atoms with van der Waals surface area (Å²) in [7, 11) is 0. The molecule has 1 aliphatic rings. The lowest BCUT2D eigenvalue weighted by atomic mass is 10.5. The molecule has 4 nitrogen and oxygen atoms in total. The fourth-order valence-corrected chi connectivity index (χ4v) is 1.28. The van der Waals surface area contributed by atoms with E-state index < -0.39 is 0 Å². The number of hydrogen-bond acceptors (Lipinski definition) is 3. The molecule has 1 aromatic rings. The summed E-state index contributed by atoms with van der Waals surface area (Å²) in [5.74, 6) is 0.498. The largest absolute Gasteiger partial charge is 0.321 e. The maximum absolute atomic E-state index is 8.67. The summed E-state index contributed by atoms with van der Waals surface area (Å²) in [6, 6.07) is 2.78. The maximum atomic E-state index is 8.67. The van der Waals surface area contributed by atoms with Gasteiger partial charge in [0.15, 0.2) is 0 Å². The van der Waals surface area contributed by atoms with Gasteiger partial charge in [-0.15, -0.1) is 0 Å². The molecule has 1 heterocycles. The van der Waals surface area contributed by atoms with Gasteiger partial charge >= 0.3 is 0 Å². The molecule has 1 fully saturated rings. The van der Waals surface area contributed by atoms with Gasteiger partial charge in [-0.25, -0.2) is 4.98 Å². The highest BCUT2D eigenvalue weighted by atomic mass is 15.1. The Hall–Kier alpha value is -1.34. The highest BCUT2D eigenvalue weighted by Gasteiger charge is 2.19. The van der Waals surface area contributed by atoms with Crippen LogP contribution in [0.3, 0.4) is 0 Å². The van der Waals surface area contributed by atoms with Crippen LogP contribution in [0.2, 0.25) is 0 Å². The SMILES string of the molecule is N#Cc1nccn1CCNC1CC1. The summed E-state index contributed by atoms with van der Waals surface area (Å²) >= 11 is 0. The van der Waals surface area contributed by atoms with E-state index in [-0.39, 0.29) is 0 Å². The van der Waals surface area contributed by atoms with Crippen LogP contribution >= 0.6 is 0 Å². The molecule has 0 saturated heterocycles. The number of nitrogens with zero attached hydrogens (tertiary/aromatic N) is 3. The standard InChI is InChI=1S/C9H12N4/c10-7-9-12-4-6-13(9)5-3-11-8-1-2-8/h4,6,8,11H,1-3,5H2. The minimum Gasteiger partial charge on any atom is -0.321 e. The molecule has 0 spiro atoms. The molecule has 0 radical (unpaired) electrons. The van der Waals surface area contributed by atoms with Crippen molar-refractivity contribution in [2.75, 3.05) is 6.54 Å². The van der Waals surface area contributed by atoms with E-state index >= 15 is 0 Å². The average molecular weight is 176 g/mol. The van der Waals surface area contributed by atoms with Crippen LogP contribution in [-0.4, -0.2) is 22.1 Å². The van der Waals surface area contributed by atoms with Gasteiger partial charge in [0.05, 0.1) is 0 Å². The summed E-state index contributed by atoms with van der Waals surface area (Å²) in [6.45, 7) is 1.76. The first-order chi connectivity index (χ1) is 6.40. The Labute approximate surface area is 77.2 Å². The predicted octanol–water partition coefficient (Wildman–Crippen LogP) is 0.507. The maximum Gasteiger partial charge on any atom is 0.212 e. The van der Waals surface area contributed by atoms with Crippen LogP contribution in [0.4, 0.5) is 0 Å². The third-order valence-corrected chi connectivity index (χ3v) is 2.18. The fraction of sp³-hybridized carbons (Fsp3) is 0.556. The Morgan fingerprint density at radius 1 is 1.69 bits per heavy atom. The highest BCUT2D eigenvalue weighted by molar-refractivity contribution is 5.10. The van der Waals surface area contributed by atoms with Crippen molar-refractivity contribution < 1.29 is 0 Å². The van der Waals surface area contributed by atoms with E-state index in [1.54, 1.807) is 6.20 Å². The van der Waals surface area contributed by atoms with Crippen molar-refractivity contribution in [2.24, 2.45) is 0 Å². The first-order valence-electron chi connectivity index (χ1n) is 4.55. The quantitative estimate of drug-likeness (QED) is 0.727. The van der Waals surface area contributed by atoms with Crippen molar-refractivity contribution in [1.82, 2.24) is 14.9 Å². The van der Waals surface area contributed by atoms with Crippen LogP contribution in [0, 0.1) is 11.3 Å². The van der Waals surface area contributed by atoms with Gasteiger partial charge in [0.2, 0.25) is 5.82 Å². The minimum absolute atomic E-state index is 0.498. The van der Waals surface area contributed by atoms with Gasteiger partial charge in [-0.1, -0.05) is 0 Å². The lowest BCUT2D eigenvalue weighted by molar-refractivity contribution is 0.591. The lowest BCUT2D eigenvalue weighted by Gasteiger charge is -2.03. The Bertz CT molecular complexity index is 319. The van der Waals surface area contributed by atoms with Crippen molar-refractivity contribution in [1.29, 1.82) is 5.26 Å². The van der Waals surface area contributed by atoms with Crippen LogP contribution < -0.4 is 5.32 Å². The molecule has 1 N–H and O–H groups in total. The summed E-state index contributed by atoms with van der Waals surface area (Å²) < 4.78 is 1.87. The second-order valence-corrected chi connectivity index (χ2v) is 3.28. The first-order valence-corrected chi connectivity index (χ1v) is 4.55. The van der Waals surface area contributed by atoms with E-state index in [1.165, 1.54) is 12.8 Å². The van der Waals surface area contributed by atoms with Crippen LogP contribution in [0.1, 0.15) is 18.7 Å². The van der Waals surface area contributed by atoms with Crippen molar-refractivity contribution in [3.63, 3.8) is 0 Å². The molecule has 0 amide bonds. The van der Waals surface area contributed by atoms with Gasteiger partial charge in [0, 0.05) is 31.5 Å². The highest BCUT2D eigenvalue weighted by Crippen LogP contribution is 2.18. The van der Waals surface area contributed by atoms with E-state index in [0.717, 1.165) is 19.1 Å². The molecular formula is C9H12N4. The molecule has 0 bridgehead atoms. The molecule has 13 heavy (non-hydrogen) atoms. The number of imidazole rings is 1. The fourth-order valence-electron chi connectivity index (χ4n) is 1.28. The number of rotatable bonds is 4. The van der Waals surface area contributed by atoms with Crippen molar-refractivity contribution >= 4 is 0 Å². The zero-order valence-electron chi connectivity index (χ0n) is 7.40. The molecule has 0 atom stereocenters. The zero-order chi connectivity index (χ0) is 9.10. The Morgan fingerprint density at radius 2 is 2.54 bits per heavy atom. The van der Waals surface area contributed by atoms with E-state index in [9.17, 15) is 0 Å². The van der Waals surface area contributed by atoms with Gasteiger partial charge in [-0.3, -0.25) is 0 Å². The summed E-state index contributed by atoms with van der Waals surface area (Å²) in [5.41, 5.74) is 0. The van der Waals surface area contributed by atoms with Gasteiger partial charge in [0.1, 0.15) is 6.07 Å². The van der Waals surface area contributed by atoms with E-state index in [1.807, 2.05) is 10.8 Å². The van der Waals surface area contributed by atoms with Crippen LogP contribution in [0.15, 0.2) is 12.4 Å². The summed E-state index contributed by atoms with van der Waals surface area (Å²) in [6.07, 6.45) is 6.10. The van der Waals surface area contributed by atoms with E-state index in [4.69, 9.17) is 5.26 Å². The molecule has 0 unspecified atom stereocenters. The van der Waals surface area contributed by atoms with Crippen LogP contribution in [0.25, 0.3) is 0 Å². The lowest BCUT2D eigenvalue weighted by Crippen LogP contribution is -2.22. The van der Waals surface area contributed by atoms with E-state index in [2.05, 4.69) is 16.4 Å². The molecular weight excluding hydrogens is 164 g/mol. The van der Waals surface area contributed by atoms with Gasteiger partial charge < -0.3 is 9.88 Å². The number of aromatic nitrogens is 2. The third-order valence-electron chi connectivity index (χ3n) is 2.18. The molecule has 1 aromatic heterocycles. The minimum atomic E-state index is 0.498. The predicted molar refractivity (Wildman–Crippen MR) is 48.0 cm³/mol. The summed E-state index contributed by atoms with van der Waals surface area (Å²) in [5, 5.41) is 12.1. The molecule has 1 saturated carbocycles. The van der Waals surface area contributed by atoms with Crippen molar-refractivity contribution in [3.8, 4) is 6.07 Å². The Balaban J connectivity index is 1.82. The number of hydrogen-bond donors (Lipinski definition) is 1. The van der Waals surface area contributed by atoms with Crippen LogP contribution in [-0.2, 0) is 6.54 Å². The normalized spacial score (nSPS) is 15.6. The van der Waals surface area contributed by atoms with Crippen LogP contribution in [0.5, 0.6) is 0 Å². The van der Waals surface area contributed by atoms with Gasteiger partial charge in [-0.05, 0) is 12.8 Å². The average Bonchev–Trinajstić information content (AvgIpc) is 2.84. The monoisotopic (exact) mass is 176 g/mol. The molecule has 4 heteroatoms. The molecule has 2 rings (SSSR count). The third kappa shape index (κ3) is 2.07. The van der Waals surface area contributed by atoms with Gasteiger partial charge in [0.25, 0.3) is 0 Å². The van der Waals surface area contributed by atoms with Gasteiger partial charge in [-0.2, -0.15) is 5.26 Å². The number of nitriles is 1. The van der Waals surface area contributed by atoms with E-state index in [0.29, 0.717) is 5.82 Å². The first kappa shape index (κ1) is 8.27. The second-order valence-electron chi connectivity index (χ2n) is 3.28. The molecule has 68 valence electrons. The second kappa shape index (κ2) is 3.58. The Morgan fingerprint density at radius 3 is 3.23 bits per heavy atom. The number of nitrogens with one attached hydrogen (secondary N) is 1. The van der Waals surface area contributed by atoms with Crippen molar-refractivity contribution in [2.45, 2.75) is 25.4 Å². The molecule has 1 aliphatic carbocycles. The van der Waals surface area contributed by atoms with Crippen molar-refractivity contribution in [3.05, 3.63) is 18.2 Å². The Kier molecular flexibility index (Phi) is 2.28. The smallest absolute Gasteiger partial charge is 0.212 e.